The van der Waals surface area contributed by atoms with E-state index >= 15 is 0 Å². The third kappa shape index (κ3) is 2.07. The smallest absolute Gasteiger partial charge is 0.126 e. The summed E-state index contributed by atoms with van der Waals surface area (Å²) in [5, 5.41) is 12.9. The van der Waals surface area contributed by atoms with Gasteiger partial charge in [-0.2, -0.15) is 0 Å². The van der Waals surface area contributed by atoms with Gasteiger partial charge in [0.05, 0.1) is 0 Å². The molecule has 0 saturated heterocycles. The highest BCUT2D eigenvalue weighted by molar-refractivity contribution is 5.48. The van der Waals surface area contributed by atoms with Crippen molar-refractivity contribution in [2.24, 2.45) is 0 Å². The van der Waals surface area contributed by atoms with Gasteiger partial charge in [0.25, 0.3) is 0 Å². The lowest BCUT2D eigenvalue weighted by atomic mass is 10.0. The molecule has 0 spiro atoms. The summed E-state index contributed by atoms with van der Waals surface area (Å²) in [7, 11) is 1.91. The second-order valence-electron chi connectivity index (χ2n) is 4.07. The molecule has 1 aromatic carbocycles. The third-order valence-corrected chi connectivity index (χ3v) is 2.74. The number of fused-ring (bicyclic) bond motifs is 1. The summed E-state index contributed by atoms with van der Waals surface area (Å²) < 4.78 is 5.57. The maximum atomic E-state index is 9.78. The van der Waals surface area contributed by atoms with E-state index in [-0.39, 0.29) is 6.10 Å². The number of likely N-dealkylation sites (N-methyl/N-ethyl adjacent to an activating group) is 1. The third-order valence-electron chi connectivity index (χ3n) is 2.74. The molecule has 1 aliphatic heterocycles. The maximum absolute atomic E-state index is 9.78. The van der Waals surface area contributed by atoms with Crippen molar-refractivity contribution in [2.75, 3.05) is 13.6 Å². The fourth-order valence-electron chi connectivity index (χ4n) is 1.96. The van der Waals surface area contributed by atoms with Crippen LogP contribution in [0.1, 0.15) is 18.1 Å². The number of benzene rings is 1. The summed E-state index contributed by atoms with van der Waals surface area (Å²) in [5.74, 6) is 1.19. The minimum atomic E-state index is 0.235. The molecule has 0 amide bonds. The van der Waals surface area contributed by atoms with Crippen LogP contribution < -0.4 is 10.1 Å². The number of hydrogen-bond donors (Lipinski definition) is 2. The number of rotatable bonds is 3. The lowest BCUT2D eigenvalue weighted by Gasteiger charge is -2.07. The van der Waals surface area contributed by atoms with Gasteiger partial charge >= 0.3 is 0 Å². The van der Waals surface area contributed by atoms with Gasteiger partial charge in [0, 0.05) is 12.5 Å². The van der Waals surface area contributed by atoms with Crippen molar-refractivity contribution in [1.82, 2.24) is 5.32 Å². The van der Waals surface area contributed by atoms with E-state index in [1.165, 1.54) is 5.56 Å². The van der Waals surface area contributed by atoms with Crippen LogP contribution in [0.2, 0.25) is 0 Å². The molecular weight excluding hydrogens is 190 g/mol. The normalized spacial score (nSPS) is 18.7. The molecule has 82 valence electrons. The summed E-state index contributed by atoms with van der Waals surface area (Å²) >= 11 is 0. The van der Waals surface area contributed by atoms with Gasteiger partial charge in [-0.3, -0.25) is 0 Å². The van der Waals surface area contributed by atoms with Crippen molar-refractivity contribution >= 4 is 0 Å². The molecule has 2 N–H and O–H groups in total. The molecule has 1 heterocycles. The zero-order chi connectivity index (χ0) is 10.8. The Labute approximate surface area is 90.1 Å². The molecule has 0 bridgehead atoms. The SMILES string of the molecule is CNCCc1cc2c(cc1O)OC(C)C2. The van der Waals surface area contributed by atoms with Crippen LogP contribution in [0.4, 0.5) is 0 Å². The van der Waals surface area contributed by atoms with Crippen molar-refractivity contribution < 1.29 is 9.84 Å². The lowest BCUT2D eigenvalue weighted by molar-refractivity contribution is 0.254. The van der Waals surface area contributed by atoms with Crippen molar-refractivity contribution in [2.45, 2.75) is 25.9 Å². The molecule has 0 aliphatic carbocycles. The predicted molar refractivity (Wildman–Crippen MR) is 59.5 cm³/mol. The molecule has 1 aromatic rings. The zero-order valence-corrected chi connectivity index (χ0v) is 9.21. The molecule has 15 heavy (non-hydrogen) atoms. The Balaban J connectivity index is 2.23. The van der Waals surface area contributed by atoms with E-state index in [0.717, 1.165) is 30.7 Å². The van der Waals surface area contributed by atoms with Gasteiger partial charge in [0.2, 0.25) is 0 Å². The molecule has 3 heteroatoms. The van der Waals surface area contributed by atoms with Crippen LogP contribution in [0.5, 0.6) is 11.5 Å². The number of ether oxygens (including phenoxy) is 1. The van der Waals surface area contributed by atoms with E-state index in [4.69, 9.17) is 4.74 Å². The topological polar surface area (TPSA) is 41.5 Å². The standard InChI is InChI=1S/C12H17NO2/c1-8-5-10-6-9(3-4-13-2)11(14)7-12(10)15-8/h6-8,13-14H,3-5H2,1-2H3. The zero-order valence-electron chi connectivity index (χ0n) is 9.21. The fourth-order valence-corrected chi connectivity index (χ4v) is 1.96. The minimum Gasteiger partial charge on any atom is -0.508 e. The first-order valence-corrected chi connectivity index (χ1v) is 5.36. The minimum absolute atomic E-state index is 0.235. The summed E-state index contributed by atoms with van der Waals surface area (Å²) in [5.41, 5.74) is 2.22. The molecule has 0 fully saturated rings. The number of phenolic OH excluding ortho intramolecular Hbond substituents is 1. The predicted octanol–water partition coefficient (Wildman–Crippen LogP) is 1.48. The number of phenols is 1. The Morgan fingerprint density at radius 2 is 2.33 bits per heavy atom. The van der Waals surface area contributed by atoms with Crippen LogP contribution in [0.15, 0.2) is 12.1 Å². The highest BCUT2D eigenvalue weighted by Gasteiger charge is 2.20. The number of hydrogen-bond acceptors (Lipinski definition) is 3. The molecule has 1 atom stereocenters. The van der Waals surface area contributed by atoms with E-state index in [1.54, 1.807) is 6.07 Å². The van der Waals surface area contributed by atoms with E-state index in [1.807, 2.05) is 14.0 Å². The Kier molecular flexibility index (Phi) is 2.82. The monoisotopic (exact) mass is 207 g/mol. The van der Waals surface area contributed by atoms with Gasteiger partial charge in [-0.25, -0.2) is 0 Å². The molecular formula is C12H17NO2. The largest absolute Gasteiger partial charge is 0.508 e. The molecule has 1 aliphatic rings. The van der Waals surface area contributed by atoms with Crippen LogP contribution in [0.3, 0.4) is 0 Å². The molecule has 2 rings (SSSR count). The lowest BCUT2D eigenvalue weighted by Crippen LogP contribution is -2.10. The highest BCUT2D eigenvalue weighted by atomic mass is 16.5. The molecule has 0 radical (unpaired) electrons. The molecule has 1 unspecified atom stereocenters. The first-order valence-electron chi connectivity index (χ1n) is 5.36. The first-order chi connectivity index (χ1) is 7.20. The maximum Gasteiger partial charge on any atom is 0.126 e. The average molecular weight is 207 g/mol. The second kappa shape index (κ2) is 4.11. The van der Waals surface area contributed by atoms with Crippen molar-refractivity contribution in [1.29, 1.82) is 0 Å². The Hall–Kier alpha value is -1.22. The van der Waals surface area contributed by atoms with Crippen LogP contribution in [0.25, 0.3) is 0 Å². The Morgan fingerprint density at radius 1 is 1.53 bits per heavy atom. The summed E-state index contributed by atoms with van der Waals surface area (Å²) in [6.45, 7) is 2.92. The summed E-state index contributed by atoms with van der Waals surface area (Å²) in [4.78, 5) is 0. The fraction of sp³-hybridized carbons (Fsp3) is 0.500. The highest BCUT2D eigenvalue weighted by Crippen LogP contribution is 2.34. The van der Waals surface area contributed by atoms with Gasteiger partial charge < -0.3 is 15.2 Å². The van der Waals surface area contributed by atoms with Gasteiger partial charge in [-0.05, 0) is 44.1 Å². The van der Waals surface area contributed by atoms with E-state index in [9.17, 15) is 5.11 Å². The number of aromatic hydroxyl groups is 1. The van der Waals surface area contributed by atoms with E-state index in [0.29, 0.717) is 5.75 Å². The van der Waals surface area contributed by atoms with Crippen LogP contribution >= 0.6 is 0 Å². The quantitative estimate of drug-likeness (QED) is 0.788. The molecule has 0 aromatic heterocycles. The second-order valence-corrected chi connectivity index (χ2v) is 4.07. The first kappa shape index (κ1) is 10.3. The summed E-state index contributed by atoms with van der Waals surface area (Å²) in [6.07, 6.45) is 2.03. The molecule has 0 saturated carbocycles. The molecule has 3 nitrogen and oxygen atoms in total. The summed E-state index contributed by atoms with van der Waals surface area (Å²) in [6, 6.07) is 3.80. The van der Waals surface area contributed by atoms with E-state index in [2.05, 4.69) is 11.4 Å². The van der Waals surface area contributed by atoms with Crippen LogP contribution in [-0.4, -0.2) is 24.8 Å². The van der Waals surface area contributed by atoms with E-state index < -0.39 is 0 Å². The Bertz CT molecular complexity index is 363. The van der Waals surface area contributed by atoms with Crippen LogP contribution in [-0.2, 0) is 12.8 Å². The van der Waals surface area contributed by atoms with Crippen molar-refractivity contribution in [3.05, 3.63) is 23.3 Å². The van der Waals surface area contributed by atoms with Gasteiger partial charge in [0.15, 0.2) is 0 Å². The Morgan fingerprint density at radius 3 is 3.07 bits per heavy atom. The van der Waals surface area contributed by atoms with Crippen molar-refractivity contribution in [3.8, 4) is 11.5 Å². The van der Waals surface area contributed by atoms with Gasteiger partial charge in [-0.1, -0.05) is 0 Å². The van der Waals surface area contributed by atoms with Gasteiger partial charge in [-0.15, -0.1) is 0 Å². The van der Waals surface area contributed by atoms with Gasteiger partial charge in [0.1, 0.15) is 17.6 Å². The number of nitrogens with one attached hydrogen (secondary N) is 1. The van der Waals surface area contributed by atoms with Crippen LogP contribution in [0, 0.1) is 0 Å². The van der Waals surface area contributed by atoms with Crippen molar-refractivity contribution in [3.63, 3.8) is 0 Å². The average Bonchev–Trinajstić information content (AvgIpc) is 2.53.